The van der Waals surface area contributed by atoms with Gasteiger partial charge in [-0.3, -0.25) is 0 Å². The van der Waals surface area contributed by atoms with Gasteiger partial charge in [0.2, 0.25) is 0 Å². The Kier molecular flexibility index (Phi) is 1.27. The summed E-state index contributed by atoms with van der Waals surface area (Å²) in [6.45, 7) is 0. The number of nitrogens with two attached hydrogens (primary N) is 1. The van der Waals surface area contributed by atoms with Crippen molar-refractivity contribution in [2.75, 3.05) is 5.73 Å². The molecule has 0 radical (unpaired) electrons. The third-order valence-electron chi connectivity index (χ3n) is 2.04. The molecule has 1 heterocycles. The second-order valence-electron chi connectivity index (χ2n) is 2.87. The highest BCUT2D eigenvalue weighted by molar-refractivity contribution is 5.96. The van der Waals surface area contributed by atoms with E-state index in [1.165, 1.54) is 0 Å². The Balaban J connectivity index is 2.95. The molecule has 2 aromatic rings. The van der Waals surface area contributed by atoms with E-state index < -0.39 is 0 Å². The molecule has 0 aliphatic carbocycles. The highest BCUT2D eigenvalue weighted by atomic mass is 16.3. The number of aromatic nitrogens is 1. The summed E-state index contributed by atoms with van der Waals surface area (Å²) in [5, 5.41) is 11.2. The van der Waals surface area contributed by atoms with Crippen LogP contribution in [0.1, 0.15) is 0 Å². The third kappa shape index (κ3) is 0.763. The zero-order chi connectivity index (χ0) is 8.72. The molecule has 0 atom stereocenters. The Morgan fingerprint density at radius 2 is 2.08 bits per heavy atom. The SMILES string of the molecule is Cn1cc2c(N)cccc2c1O. The van der Waals surface area contributed by atoms with Crippen molar-refractivity contribution in [1.29, 1.82) is 0 Å². The Bertz CT molecular complexity index is 431. The van der Waals surface area contributed by atoms with Crippen molar-refractivity contribution in [1.82, 2.24) is 4.57 Å². The molecule has 3 heteroatoms. The molecule has 2 rings (SSSR count). The number of hydrogen-bond acceptors (Lipinski definition) is 2. The molecular weight excluding hydrogens is 152 g/mol. The number of fused-ring (bicyclic) bond motifs is 1. The van der Waals surface area contributed by atoms with Crippen molar-refractivity contribution in [3.63, 3.8) is 0 Å². The molecule has 0 aliphatic heterocycles. The zero-order valence-electron chi connectivity index (χ0n) is 6.78. The van der Waals surface area contributed by atoms with Crippen LogP contribution in [0.5, 0.6) is 5.88 Å². The molecule has 0 saturated carbocycles. The fourth-order valence-corrected chi connectivity index (χ4v) is 1.37. The fraction of sp³-hybridized carbons (Fsp3) is 0.111. The lowest BCUT2D eigenvalue weighted by Gasteiger charge is -1.93. The smallest absolute Gasteiger partial charge is 0.198 e. The molecular formula is C9H10N2O. The van der Waals surface area contributed by atoms with Crippen molar-refractivity contribution in [2.24, 2.45) is 7.05 Å². The van der Waals surface area contributed by atoms with Gasteiger partial charge in [-0.25, -0.2) is 0 Å². The summed E-state index contributed by atoms with van der Waals surface area (Å²) in [4.78, 5) is 0. The minimum absolute atomic E-state index is 0.261. The first kappa shape index (κ1) is 7.03. The van der Waals surface area contributed by atoms with Gasteiger partial charge in [-0.15, -0.1) is 0 Å². The largest absolute Gasteiger partial charge is 0.494 e. The van der Waals surface area contributed by atoms with E-state index in [-0.39, 0.29) is 5.88 Å². The Hall–Kier alpha value is -1.64. The average molecular weight is 162 g/mol. The lowest BCUT2D eigenvalue weighted by molar-refractivity contribution is 0.438. The van der Waals surface area contributed by atoms with Crippen molar-refractivity contribution >= 4 is 16.5 Å². The molecule has 3 nitrogen and oxygen atoms in total. The minimum Gasteiger partial charge on any atom is -0.494 e. The molecule has 0 spiro atoms. The molecule has 62 valence electrons. The van der Waals surface area contributed by atoms with Gasteiger partial charge in [0.1, 0.15) is 0 Å². The average Bonchev–Trinajstić information content (AvgIpc) is 2.32. The molecule has 0 unspecified atom stereocenters. The Morgan fingerprint density at radius 3 is 2.75 bits per heavy atom. The molecule has 3 N–H and O–H groups in total. The molecule has 12 heavy (non-hydrogen) atoms. The molecule has 0 saturated heterocycles. The lowest BCUT2D eigenvalue weighted by Crippen LogP contribution is -1.83. The van der Waals surface area contributed by atoms with E-state index in [9.17, 15) is 5.11 Å². The van der Waals surface area contributed by atoms with Crippen LogP contribution in [0.15, 0.2) is 24.4 Å². The number of aromatic hydroxyl groups is 1. The third-order valence-corrected chi connectivity index (χ3v) is 2.04. The van der Waals surface area contributed by atoms with Crippen LogP contribution in [-0.2, 0) is 7.05 Å². The topological polar surface area (TPSA) is 51.2 Å². The number of aryl methyl sites for hydroxylation is 1. The Labute approximate surface area is 70.0 Å². The predicted octanol–water partition coefficient (Wildman–Crippen LogP) is 1.47. The van der Waals surface area contributed by atoms with Gasteiger partial charge in [0.25, 0.3) is 0 Å². The summed E-state index contributed by atoms with van der Waals surface area (Å²) < 4.78 is 1.65. The number of anilines is 1. The van der Waals surface area contributed by atoms with Gasteiger partial charge in [-0.2, -0.15) is 0 Å². The van der Waals surface area contributed by atoms with Crippen molar-refractivity contribution in [3.05, 3.63) is 24.4 Å². The first-order valence-corrected chi connectivity index (χ1v) is 3.72. The van der Waals surface area contributed by atoms with Gasteiger partial charge < -0.3 is 15.4 Å². The molecule has 0 fully saturated rings. The normalized spacial score (nSPS) is 10.8. The maximum absolute atomic E-state index is 9.53. The van der Waals surface area contributed by atoms with Crippen LogP contribution in [0.2, 0.25) is 0 Å². The minimum atomic E-state index is 0.261. The van der Waals surface area contributed by atoms with Crippen LogP contribution in [0.4, 0.5) is 5.69 Å². The van der Waals surface area contributed by atoms with E-state index in [2.05, 4.69) is 0 Å². The van der Waals surface area contributed by atoms with E-state index in [1.54, 1.807) is 11.6 Å². The summed E-state index contributed by atoms with van der Waals surface area (Å²) in [6.07, 6.45) is 1.82. The number of rotatable bonds is 0. The van der Waals surface area contributed by atoms with Crippen molar-refractivity contribution in [3.8, 4) is 5.88 Å². The van der Waals surface area contributed by atoms with Crippen LogP contribution in [-0.4, -0.2) is 9.67 Å². The van der Waals surface area contributed by atoms with Crippen LogP contribution < -0.4 is 5.73 Å². The van der Waals surface area contributed by atoms with E-state index in [0.717, 1.165) is 10.8 Å². The molecule has 0 bridgehead atoms. The van der Waals surface area contributed by atoms with Crippen LogP contribution in [0, 0.1) is 0 Å². The van der Waals surface area contributed by atoms with Crippen LogP contribution >= 0.6 is 0 Å². The standard InChI is InChI=1S/C9H10N2O/c1-11-5-7-6(9(11)12)3-2-4-8(7)10/h2-5,12H,10H2,1H3. The molecule has 0 aliphatic rings. The van der Waals surface area contributed by atoms with Crippen molar-refractivity contribution in [2.45, 2.75) is 0 Å². The van der Waals surface area contributed by atoms with E-state index in [4.69, 9.17) is 5.73 Å². The second-order valence-corrected chi connectivity index (χ2v) is 2.87. The Morgan fingerprint density at radius 1 is 1.33 bits per heavy atom. The van der Waals surface area contributed by atoms with Gasteiger partial charge in [0.05, 0.1) is 0 Å². The van der Waals surface area contributed by atoms with Gasteiger partial charge >= 0.3 is 0 Å². The summed E-state index contributed by atoms with van der Waals surface area (Å²) in [5.74, 6) is 0.261. The van der Waals surface area contributed by atoms with Gasteiger partial charge in [-0.1, -0.05) is 6.07 Å². The van der Waals surface area contributed by atoms with Crippen LogP contribution in [0.3, 0.4) is 0 Å². The first-order chi connectivity index (χ1) is 5.70. The quantitative estimate of drug-likeness (QED) is 0.576. The van der Waals surface area contributed by atoms with Gasteiger partial charge in [0.15, 0.2) is 5.88 Å². The maximum Gasteiger partial charge on any atom is 0.198 e. The lowest BCUT2D eigenvalue weighted by atomic mass is 10.2. The maximum atomic E-state index is 9.53. The zero-order valence-corrected chi connectivity index (χ0v) is 6.78. The molecule has 1 aromatic carbocycles. The molecule has 0 amide bonds. The highest BCUT2D eigenvalue weighted by Crippen LogP contribution is 2.29. The van der Waals surface area contributed by atoms with Crippen molar-refractivity contribution < 1.29 is 5.11 Å². The number of nitrogens with zero attached hydrogens (tertiary/aromatic N) is 1. The van der Waals surface area contributed by atoms with Gasteiger partial charge in [0, 0.05) is 29.7 Å². The summed E-state index contributed by atoms with van der Waals surface area (Å²) >= 11 is 0. The predicted molar refractivity (Wildman–Crippen MR) is 49.0 cm³/mol. The highest BCUT2D eigenvalue weighted by Gasteiger charge is 2.05. The summed E-state index contributed by atoms with van der Waals surface area (Å²) in [7, 11) is 1.79. The second kappa shape index (κ2) is 2.17. The first-order valence-electron chi connectivity index (χ1n) is 3.72. The summed E-state index contributed by atoms with van der Waals surface area (Å²) in [5.41, 5.74) is 6.41. The monoisotopic (exact) mass is 162 g/mol. The van der Waals surface area contributed by atoms with E-state index in [1.807, 2.05) is 24.4 Å². The molecule has 1 aromatic heterocycles. The number of nitrogen functional groups attached to an aromatic ring is 1. The van der Waals surface area contributed by atoms with E-state index >= 15 is 0 Å². The number of hydrogen-bond donors (Lipinski definition) is 2. The van der Waals surface area contributed by atoms with Gasteiger partial charge in [-0.05, 0) is 12.1 Å². The number of benzene rings is 1. The van der Waals surface area contributed by atoms with Crippen LogP contribution in [0.25, 0.3) is 10.8 Å². The fourth-order valence-electron chi connectivity index (χ4n) is 1.37. The summed E-state index contributed by atoms with van der Waals surface area (Å²) in [6, 6.07) is 5.50. The van der Waals surface area contributed by atoms with E-state index in [0.29, 0.717) is 5.69 Å².